The van der Waals surface area contributed by atoms with Crippen LogP contribution in [0.5, 0.6) is 11.5 Å². The Kier molecular flexibility index (Phi) is 6.79. The zero-order valence-corrected chi connectivity index (χ0v) is 14.1. The standard InChI is InChI=1S/C18H20N2O5/c1-23-15-7-3-5-13(9-15)19-17(21)11-25-12-18(22)20-14-6-4-8-16(10-14)24-2/h3-10H,11-12H2,1-2H3,(H,19,21)(H,20,22). The molecule has 0 atom stereocenters. The van der Waals surface area contributed by atoms with Gasteiger partial charge in [0.25, 0.3) is 0 Å². The number of rotatable bonds is 8. The first-order chi connectivity index (χ1) is 12.1. The number of amides is 2. The minimum atomic E-state index is -0.359. The average molecular weight is 344 g/mol. The second kappa shape index (κ2) is 9.29. The van der Waals surface area contributed by atoms with Crippen LogP contribution in [0.4, 0.5) is 11.4 Å². The smallest absolute Gasteiger partial charge is 0.250 e. The maximum atomic E-state index is 11.8. The van der Waals surface area contributed by atoms with Crippen LogP contribution in [0.25, 0.3) is 0 Å². The van der Waals surface area contributed by atoms with Gasteiger partial charge < -0.3 is 24.8 Å². The minimum Gasteiger partial charge on any atom is -0.497 e. The van der Waals surface area contributed by atoms with E-state index < -0.39 is 0 Å². The first kappa shape index (κ1) is 18.3. The summed E-state index contributed by atoms with van der Waals surface area (Å²) in [5, 5.41) is 5.33. The van der Waals surface area contributed by atoms with Gasteiger partial charge >= 0.3 is 0 Å². The van der Waals surface area contributed by atoms with Gasteiger partial charge in [-0.05, 0) is 24.3 Å². The van der Waals surface area contributed by atoms with Crippen molar-refractivity contribution in [3.05, 3.63) is 48.5 Å². The van der Waals surface area contributed by atoms with Crippen molar-refractivity contribution < 1.29 is 23.8 Å². The maximum absolute atomic E-state index is 11.8. The molecule has 132 valence electrons. The Balaban J connectivity index is 1.73. The molecule has 2 aromatic carbocycles. The van der Waals surface area contributed by atoms with Gasteiger partial charge in [0.05, 0.1) is 14.2 Å². The summed E-state index contributed by atoms with van der Waals surface area (Å²) in [6.45, 7) is -0.467. The first-order valence-electron chi connectivity index (χ1n) is 7.56. The number of carbonyl (C=O) groups is 2. The van der Waals surface area contributed by atoms with Gasteiger partial charge in [-0.25, -0.2) is 0 Å². The van der Waals surface area contributed by atoms with Gasteiger partial charge in [0, 0.05) is 23.5 Å². The molecule has 0 fully saturated rings. The van der Waals surface area contributed by atoms with Crippen molar-refractivity contribution >= 4 is 23.2 Å². The molecule has 0 spiro atoms. The van der Waals surface area contributed by atoms with Gasteiger partial charge in [-0.1, -0.05) is 12.1 Å². The van der Waals surface area contributed by atoms with Crippen LogP contribution in [-0.2, 0) is 14.3 Å². The van der Waals surface area contributed by atoms with Crippen LogP contribution in [0, 0.1) is 0 Å². The number of hydrogen-bond donors (Lipinski definition) is 2. The van der Waals surface area contributed by atoms with E-state index in [1.807, 2.05) is 0 Å². The number of hydrogen-bond acceptors (Lipinski definition) is 5. The normalized spacial score (nSPS) is 10.0. The first-order valence-corrected chi connectivity index (χ1v) is 7.56. The van der Waals surface area contributed by atoms with Gasteiger partial charge in [0.2, 0.25) is 11.8 Å². The van der Waals surface area contributed by atoms with E-state index in [0.29, 0.717) is 22.9 Å². The molecule has 25 heavy (non-hydrogen) atoms. The predicted octanol–water partition coefficient (Wildman–Crippen LogP) is 2.30. The minimum absolute atomic E-state index is 0.233. The van der Waals surface area contributed by atoms with E-state index in [0.717, 1.165) is 0 Å². The summed E-state index contributed by atoms with van der Waals surface area (Å²) in [7, 11) is 3.09. The molecule has 2 N–H and O–H groups in total. The summed E-state index contributed by atoms with van der Waals surface area (Å²) in [5.41, 5.74) is 1.18. The molecule has 0 aliphatic carbocycles. The molecule has 0 heterocycles. The van der Waals surface area contributed by atoms with E-state index >= 15 is 0 Å². The predicted molar refractivity (Wildman–Crippen MR) is 94.1 cm³/mol. The Morgan fingerprint density at radius 1 is 0.800 bits per heavy atom. The molecule has 0 saturated heterocycles. The van der Waals surface area contributed by atoms with Crippen molar-refractivity contribution in [2.24, 2.45) is 0 Å². The highest BCUT2D eigenvalue weighted by Gasteiger charge is 2.07. The number of nitrogens with one attached hydrogen (secondary N) is 2. The molecule has 0 bridgehead atoms. The Labute approximate surface area is 145 Å². The summed E-state index contributed by atoms with van der Waals surface area (Å²) in [5.74, 6) is 0.553. The number of methoxy groups -OCH3 is 2. The van der Waals surface area contributed by atoms with Crippen molar-refractivity contribution in [1.82, 2.24) is 0 Å². The fourth-order valence-electron chi connectivity index (χ4n) is 2.03. The van der Waals surface area contributed by atoms with Crippen molar-refractivity contribution in [2.75, 3.05) is 38.1 Å². The third-order valence-electron chi connectivity index (χ3n) is 3.17. The fraction of sp³-hybridized carbons (Fsp3) is 0.222. The lowest BCUT2D eigenvalue weighted by molar-refractivity contribution is -0.125. The van der Waals surface area contributed by atoms with Crippen molar-refractivity contribution in [3.8, 4) is 11.5 Å². The Morgan fingerprint density at radius 2 is 1.24 bits per heavy atom. The van der Waals surface area contributed by atoms with E-state index in [2.05, 4.69) is 10.6 Å². The highest BCUT2D eigenvalue weighted by molar-refractivity contribution is 5.93. The van der Waals surface area contributed by atoms with E-state index in [1.165, 1.54) is 0 Å². The van der Waals surface area contributed by atoms with E-state index in [9.17, 15) is 9.59 Å². The molecule has 7 heteroatoms. The van der Waals surface area contributed by atoms with Crippen molar-refractivity contribution in [3.63, 3.8) is 0 Å². The number of carbonyl (C=O) groups excluding carboxylic acids is 2. The second-order valence-electron chi connectivity index (χ2n) is 5.05. The molecule has 2 amide bonds. The lowest BCUT2D eigenvalue weighted by Gasteiger charge is -2.09. The van der Waals surface area contributed by atoms with Gasteiger partial charge in [-0.2, -0.15) is 0 Å². The molecule has 0 aliphatic rings. The van der Waals surface area contributed by atoms with E-state index in [1.54, 1.807) is 62.8 Å². The van der Waals surface area contributed by atoms with Gasteiger partial charge in [0.15, 0.2) is 0 Å². The van der Waals surface area contributed by atoms with Crippen LogP contribution in [0.15, 0.2) is 48.5 Å². The highest BCUT2D eigenvalue weighted by Crippen LogP contribution is 2.17. The number of ether oxygens (including phenoxy) is 3. The zero-order chi connectivity index (χ0) is 18.1. The van der Waals surface area contributed by atoms with E-state index in [-0.39, 0.29) is 25.0 Å². The van der Waals surface area contributed by atoms with Crippen molar-refractivity contribution in [1.29, 1.82) is 0 Å². The summed E-state index contributed by atoms with van der Waals surface area (Å²) in [6, 6.07) is 13.9. The maximum Gasteiger partial charge on any atom is 0.250 e. The molecule has 2 aromatic rings. The Morgan fingerprint density at radius 3 is 1.64 bits per heavy atom. The van der Waals surface area contributed by atoms with Crippen LogP contribution in [-0.4, -0.2) is 39.2 Å². The largest absolute Gasteiger partial charge is 0.497 e. The fourth-order valence-corrected chi connectivity index (χ4v) is 2.03. The lowest BCUT2D eigenvalue weighted by Crippen LogP contribution is -2.23. The molecular formula is C18H20N2O5. The molecule has 0 radical (unpaired) electrons. The Hall–Kier alpha value is -3.06. The Bertz CT molecular complexity index is 671. The molecule has 0 aromatic heterocycles. The number of benzene rings is 2. The lowest BCUT2D eigenvalue weighted by atomic mass is 10.3. The monoisotopic (exact) mass is 344 g/mol. The molecule has 0 aliphatic heterocycles. The molecule has 0 unspecified atom stereocenters. The highest BCUT2D eigenvalue weighted by atomic mass is 16.5. The van der Waals surface area contributed by atoms with Gasteiger partial charge in [-0.15, -0.1) is 0 Å². The third-order valence-corrected chi connectivity index (χ3v) is 3.17. The summed E-state index contributed by atoms with van der Waals surface area (Å²) in [4.78, 5) is 23.6. The van der Waals surface area contributed by atoms with Gasteiger partial charge in [-0.3, -0.25) is 9.59 Å². The van der Waals surface area contributed by atoms with Crippen LogP contribution in [0.3, 0.4) is 0 Å². The van der Waals surface area contributed by atoms with Crippen LogP contribution < -0.4 is 20.1 Å². The van der Waals surface area contributed by atoms with Crippen LogP contribution in [0.2, 0.25) is 0 Å². The SMILES string of the molecule is COc1cccc(NC(=O)COCC(=O)Nc2cccc(OC)c2)c1. The molecule has 7 nitrogen and oxygen atoms in total. The molecule has 0 saturated carbocycles. The topological polar surface area (TPSA) is 85.9 Å². The summed E-state index contributed by atoms with van der Waals surface area (Å²) in [6.07, 6.45) is 0. The van der Waals surface area contributed by atoms with E-state index in [4.69, 9.17) is 14.2 Å². The average Bonchev–Trinajstić information content (AvgIpc) is 2.62. The summed E-state index contributed by atoms with van der Waals surface area (Å²) < 4.78 is 15.3. The quantitative estimate of drug-likeness (QED) is 0.767. The van der Waals surface area contributed by atoms with Crippen molar-refractivity contribution in [2.45, 2.75) is 0 Å². The molecular weight excluding hydrogens is 324 g/mol. The summed E-state index contributed by atoms with van der Waals surface area (Å²) >= 11 is 0. The van der Waals surface area contributed by atoms with Crippen LogP contribution in [0.1, 0.15) is 0 Å². The third kappa shape index (κ3) is 6.15. The second-order valence-corrected chi connectivity index (χ2v) is 5.05. The zero-order valence-electron chi connectivity index (χ0n) is 14.1. The van der Waals surface area contributed by atoms with Gasteiger partial charge in [0.1, 0.15) is 24.7 Å². The van der Waals surface area contributed by atoms with Crippen LogP contribution >= 0.6 is 0 Å². The molecule has 2 rings (SSSR count). The number of anilines is 2.